The number of allylic oxidation sites excluding steroid dienone is 4. The zero-order chi connectivity index (χ0) is 16.5. The molecule has 1 aliphatic carbocycles. The average Bonchev–Trinajstić information content (AvgIpc) is 3.07. The van der Waals surface area contributed by atoms with Crippen molar-refractivity contribution in [2.45, 2.75) is 12.6 Å². The van der Waals surface area contributed by atoms with Crippen LogP contribution in [0.1, 0.15) is 23.8 Å². The molecule has 0 amide bonds. The molecule has 2 unspecified atom stereocenters. The van der Waals surface area contributed by atoms with Crippen molar-refractivity contribution in [3.8, 4) is 5.75 Å². The number of carbonyl (C=O) groups is 1. The van der Waals surface area contributed by atoms with Crippen LogP contribution in [0.15, 0.2) is 65.7 Å². The first-order chi connectivity index (χ1) is 11.8. The Morgan fingerprint density at radius 1 is 1.08 bits per heavy atom. The second-order valence-electron chi connectivity index (χ2n) is 5.92. The number of halogens is 1. The zero-order valence-electron chi connectivity index (χ0n) is 12.9. The lowest BCUT2D eigenvalue weighted by Gasteiger charge is -2.20. The Morgan fingerprint density at radius 3 is 2.71 bits per heavy atom. The highest BCUT2D eigenvalue weighted by Crippen LogP contribution is 2.45. The molecule has 0 radical (unpaired) electrons. The van der Waals surface area contributed by atoms with Gasteiger partial charge in [0, 0.05) is 22.1 Å². The van der Waals surface area contributed by atoms with E-state index in [4.69, 9.17) is 16.3 Å². The summed E-state index contributed by atoms with van der Waals surface area (Å²) in [5.41, 5.74) is 3.89. The van der Waals surface area contributed by atoms with Crippen LogP contribution in [0.5, 0.6) is 5.75 Å². The molecule has 0 spiro atoms. The Bertz CT molecular complexity index is 842. The van der Waals surface area contributed by atoms with E-state index < -0.39 is 0 Å². The molecule has 0 fully saturated rings. The van der Waals surface area contributed by atoms with Crippen LogP contribution in [-0.2, 0) is 4.79 Å². The highest BCUT2D eigenvalue weighted by Gasteiger charge is 2.29. The van der Waals surface area contributed by atoms with Crippen molar-refractivity contribution in [3.05, 3.63) is 76.8 Å². The number of anilines is 1. The first-order valence-electron chi connectivity index (χ1n) is 7.89. The van der Waals surface area contributed by atoms with Gasteiger partial charge < -0.3 is 14.8 Å². The van der Waals surface area contributed by atoms with Gasteiger partial charge in [0.2, 0.25) is 0 Å². The van der Waals surface area contributed by atoms with Gasteiger partial charge in [-0.15, -0.1) is 0 Å². The molecule has 0 aromatic heterocycles. The monoisotopic (exact) mass is 337 g/mol. The van der Waals surface area contributed by atoms with E-state index in [9.17, 15) is 4.79 Å². The number of rotatable bonds is 3. The number of fused-ring (bicyclic) bond motifs is 1. The van der Waals surface area contributed by atoms with Crippen LogP contribution >= 0.6 is 11.6 Å². The van der Waals surface area contributed by atoms with E-state index in [2.05, 4.69) is 5.32 Å². The van der Waals surface area contributed by atoms with Gasteiger partial charge in [0.15, 0.2) is 12.0 Å². The van der Waals surface area contributed by atoms with E-state index in [0.717, 1.165) is 34.4 Å². The van der Waals surface area contributed by atoms with Gasteiger partial charge in [0.1, 0.15) is 6.29 Å². The van der Waals surface area contributed by atoms with Gasteiger partial charge in [-0.3, -0.25) is 0 Å². The van der Waals surface area contributed by atoms with Gasteiger partial charge in [-0.2, -0.15) is 0 Å². The molecule has 2 aliphatic rings. The third-order valence-electron chi connectivity index (χ3n) is 4.37. The second-order valence-corrected chi connectivity index (χ2v) is 6.40. The van der Waals surface area contributed by atoms with Crippen LogP contribution < -0.4 is 10.1 Å². The van der Waals surface area contributed by atoms with Crippen molar-refractivity contribution in [1.29, 1.82) is 0 Å². The molecular weight excluding hydrogens is 322 g/mol. The van der Waals surface area contributed by atoms with E-state index in [1.165, 1.54) is 0 Å². The third-order valence-corrected chi connectivity index (χ3v) is 4.65. The van der Waals surface area contributed by atoms with Crippen molar-refractivity contribution in [3.63, 3.8) is 0 Å². The van der Waals surface area contributed by atoms with Crippen LogP contribution in [0, 0.1) is 5.92 Å². The summed E-state index contributed by atoms with van der Waals surface area (Å²) in [6, 6.07) is 16.0. The Hall–Kier alpha value is -2.52. The number of hydrogen-bond acceptors (Lipinski definition) is 3. The minimum atomic E-state index is -0.242. The fourth-order valence-electron chi connectivity index (χ4n) is 3.18. The summed E-state index contributed by atoms with van der Waals surface area (Å²) in [4.78, 5) is 11.5. The van der Waals surface area contributed by atoms with Crippen LogP contribution in [0.25, 0.3) is 5.57 Å². The normalized spacial score (nSPS) is 21.9. The van der Waals surface area contributed by atoms with Crippen LogP contribution in [0.2, 0.25) is 0 Å². The third kappa shape index (κ3) is 2.61. The topological polar surface area (TPSA) is 38.3 Å². The SMILES string of the molecule is O=CC1CC(Cl)=CC=C1c1cccc2c1OC(c1ccccc1)N2. The molecule has 2 atom stereocenters. The Balaban J connectivity index is 1.72. The standard InChI is InChI=1S/C20H16ClNO2/c21-15-9-10-16(14(11-15)12-23)17-7-4-8-18-19(17)24-20(22-18)13-5-2-1-3-6-13/h1-10,12,14,20,22H,11H2. The summed E-state index contributed by atoms with van der Waals surface area (Å²) < 4.78 is 6.18. The maximum atomic E-state index is 11.5. The first-order valence-corrected chi connectivity index (χ1v) is 8.27. The van der Waals surface area contributed by atoms with Crippen molar-refractivity contribution in [2.24, 2.45) is 5.92 Å². The second kappa shape index (κ2) is 6.17. The molecule has 1 heterocycles. The lowest BCUT2D eigenvalue weighted by molar-refractivity contribution is -0.109. The first kappa shape index (κ1) is 15.0. The molecule has 4 heteroatoms. The Kier molecular flexibility index (Phi) is 3.87. The lowest BCUT2D eigenvalue weighted by atomic mass is 9.87. The van der Waals surface area contributed by atoms with Crippen molar-refractivity contribution < 1.29 is 9.53 Å². The lowest BCUT2D eigenvalue weighted by Crippen LogP contribution is -2.11. The molecule has 0 bridgehead atoms. The van der Waals surface area contributed by atoms with Crippen LogP contribution in [0.3, 0.4) is 0 Å². The van der Waals surface area contributed by atoms with Crippen LogP contribution in [0.4, 0.5) is 5.69 Å². The molecule has 4 rings (SSSR count). The molecular formula is C20H16ClNO2. The molecule has 1 aliphatic heterocycles. The fraction of sp³-hybridized carbons (Fsp3) is 0.150. The zero-order valence-corrected chi connectivity index (χ0v) is 13.7. The summed E-state index contributed by atoms with van der Waals surface area (Å²) in [5, 5.41) is 4.09. The van der Waals surface area contributed by atoms with Gasteiger partial charge in [0.25, 0.3) is 0 Å². The summed E-state index contributed by atoms with van der Waals surface area (Å²) in [7, 11) is 0. The van der Waals surface area contributed by atoms with E-state index in [1.807, 2.05) is 60.7 Å². The van der Waals surface area contributed by atoms with E-state index in [1.54, 1.807) is 0 Å². The van der Waals surface area contributed by atoms with E-state index in [-0.39, 0.29) is 12.1 Å². The number of carbonyl (C=O) groups excluding carboxylic acids is 1. The van der Waals surface area contributed by atoms with Gasteiger partial charge in [-0.1, -0.05) is 60.1 Å². The highest BCUT2D eigenvalue weighted by molar-refractivity contribution is 6.30. The molecule has 24 heavy (non-hydrogen) atoms. The van der Waals surface area contributed by atoms with Crippen LogP contribution in [-0.4, -0.2) is 6.29 Å². The van der Waals surface area contributed by atoms with Crippen molar-refractivity contribution in [2.75, 3.05) is 5.32 Å². The Labute approximate surface area is 145 Å². The maximum Gasteiger partial charge on any atom is 0.196 e. The molecule has 1 N–H and O–H groups in total. The summed E-state index contributed by atoms with van der Waals surface area (Å²) in [5.74, 6) is 0.546. The maximum absolute atomic E-state index is 11.5. The van der Waals surface area contributed by atoms with Gasteiger partial charge in [-0.05, 0) is 24.1 Å². The molecule has 3 nitrogen and oxygen atoms in total. The predicted octanol–water partition coefficient (Wildman–Crippen LogP) is 4.91. The number of benzene rings is 2. The minimum absolute atomic E-state index is 0.222. The van der Waals surface area contributed by atoms with Gasteiger partial charge in [-0.25, -0.2) is 0 Å². The molecule has 0 saturated heterocycles. The Morgan fingerprint density at radius 2 is 1.92 bits per heavy atom. The summed E-state index contributed by atoms with van der Waals surface area (Å²) in [6.45, 7) is 0. The van der Waals surface area contributed by atoms with Gasteiger partial charge >= 0.3 is 0 Å². The number of ether oxygens (including phenoxy) is 1. The molecule has 2 aromatic carbocycles. The minimum Gasteiger partial charge on any atom is -0.464 e. The van der Waals surface area contributed by atoms with E-state index >= 15 is 0 Å². The average molecular weight is 338 g/mol. The largest absolute Gasteiger partial charge is 0.464 e. The number of aldehydes is 1. The van der Waals surface area contributed by atoms with Crippen molar-refractivity contribution >= 4 is 29.1 Å². The van der Waals surface area contributed by atoms with Gasteiger partial charge in [0.05, 0.1) is 5.69 Å². The fourth-order valence-corrected chi connectivity index (χ4v) is 3.40. The number of hydrogen-bond donors (Lipinski definition) is 1. The number of nitrogens with one attached hydrogen (secondary N) is 1. The molecule has 0 saturated carbocycles. The smallest absolute Gasteiger partial charge is 0.196 e. The quantitative estimate of drug-likeness (QED) is 0.808. The summed E-state index contributed by atoms with van der Waals surface area (Å²) in [6.07, 6.45) is 5.04. The van der Waals surface area contributed by atoms with E-state index in [0.29, 0.717) is 11.5 Å². The predicted molar refractivity (Wildman–Crippen MR) is 96.0 cm³/mol. The summed E-state index contributed by atoms with van der Waals surface area (Å²) >= 11 is 6.08. The number of para-hydroxylation sites is 1. The molecule has 120 valence electrons. The highest BCUT2D eigenvalue weighted by atomic mass is 35.5. The molecule has 2 aromatic rings. The van der Waals surface area contributed by atoms with Crippen molar-refractivity contribution in [1.82, 2.24) is 0 Å².